The van der Waals surface area contributed by atoms with E-state index in [4.69, 9.17) is 4.74 Å². The van der Waals surface area contributed by atoms with Crippen LogP contribution >= 0.6 is 0 Å². The van der Waals surface area contributed by atoms with Crippen LogP contribution in [0, 0.1) is 10.1 Å². The summed E-state index contributed by atoms with van der Waals surface area (Å²) >= 11 is 0. The van der Waals surface area contributed by atoms with Crippen LogP contribution in [-0.2, 0) is 10.0 Å². The van der Waals surface area contributed by atoms with Gasteiger partial charge in [0.05, 0.1) is 35.5 Å². The number of benzene rings is 2. The summed E-state index contributed by atoms with van der Waals surface area (Å²) in [6.07, 6.45) is 1.40. The standard InChI is InChI=1S/C16H13N3O5S/c1-24-15-9-13(19(20)21)6-7-16(15)25(22,23)18-12-8-11-4-2-3-5-14(11)17-10-12/h2-10,18H,1H3. The van der Waals surface area contributed by atoms with Gasteiger partial charge in [-0.1, -0.05) is 18.2 Å². The van der Waals surface area contributed by atoms with Gasteiger partial charge in [-0.15, -0.1) is 0 Å². The van der Waals surface area contributed by atoms with Gasteiger partial charge in [-0.25, -0.2) is 8.42 Å². The zero-order chi connectivity index (χ0) is 18.0. The number of nitrogens with one attached hydrogen (secondary N) is 1. The minimum Gasteiger partial charge on any atom is -0.495 e. The monoisotopic (exact) mass is 359 g/mol. The predicted octanol–water partition coefficient (Wildman–Crippen LogP) is 2.95. The van der Waals surface area contributed by atoms with Crippen molar-refractivity contribution in [2.45, 2.75) is 4.90 Å². The number of fused-ring (bicyclic) bond motifs is 1. The molecule has 9 heteroatoms. The summed E-state index contributed by atoms with van der Waals surface area (Å²) in [7, 11) is -2.76. The smallest absolute Gasteiger partial charge is 0.273 e. The van der Waals surface area contributed by atoms with Gasteiger partial charge < -0.3 is 4.74 Å². The maximum atomic E-state index is 12.6. The molecule has 25 heavy (non-hydrogen) atoms. The lowest BCUT2D eigenvalue weighted by Gasteiger charge is -2.11. The Morgan fingerprint density at radius 1 is 1.16 bits per heavy atom. The number of hydrogen-bond acceptors (Lipinski definition) is 6. The highest BCUT2D eigenvalue weighted by molar-refractivity contribution is 7.92. The van der Waals surface area contributed by atoms with E-state index < -0.39 is 14.9 Å². The van der Waals surface area contributed by atoms with Crippen molar-refractivity contribution in [3.05, 3.63) is 64.8 Å². The molecule has 0 aliphatic heterocycles. The lowest BCUT2D eigenvalue weighted by atomic mass is 10.2. The molecule has 0 bridgehead atoms. The van der Waals surface area contributed by atoms with Crippen LogP contribution in [0.3, 0.4) is 0 Å². The van der Waals surface area contributed by atoms with Gasteiger partial charge in [0, 0.05) is 11.5 Å². The number of para-hydroxylation sites is 1. The van der Waals surface area contributed by atoms with E-state index in [1.165, 1.54) is 13.3 Å². The second-order valence-electron chi connectivity index (χ2n) is 5.11. The van der Waals surface area contributed by atoms with Crippen molar-refractivity contribution in [1.82, 2.24) is 4.98 Å². The number of rotatable bonds is 5. The van der Waals surface area contributed by atoms with Crippen LogP contribution in [0.25, 0.3) is 10.9 Å². The maximum absolute atomic E-state index is 12.6. The summed E-state index contributed by atoms with van der Waals surface area (Å²) in [5.41, 5.74) is 0.751. The minimum atomic E-state index is -4.00. The Balaban J connectivity index is 1.99. The zero-order valence-electron chi connectivity index (χ0n) is 13.0. The average Bonchev–Trinajstić information content (AvgIpc) is 2.60. The fraction of sp³-hybridized carbons (Fsp3) is 0.0625. The normalized spacial score (nSPS) is 11.2. The summed E-state index contributed by atoms with van der Waals surface area (Å²) in [5, 5.41) is 11.6. The highest BCUT2D eigenvalue weighted by Crippen LogP contribution is 2.30. The highest BCUT2D eigenvalue weighted by Gasteiger charge is 2.22. The Kier molecular flexibility index (Phi) is 4.24. The molecule has 3 rings (SSSR count). The summed E-state index contributed by atoms with van der Waals surface area (Å²) in [6, 6.07) is 12.2. The molecule has 0 spiro atoms. The number of non-ortho nitro benzene ring substituents is 1. The second-order valence-corrected chi connectivity index (χ2v) is 6.77. The molecule has 0 unspecified atom stereocenters. The SMILES string of the molecule is COc1cc([N+](=O)[O-])ccc1S(=O)(=O)Nc1cnc2ccccc2c1. The number of nitro groups is 1. The van der Waals surface area contributed by atoms with Crippen molar-refractivity contribution in [2.75, 3.05) is 11.8 Å². The van der Waals surface area contributed by atoms with Gasteiger partial charge in [-0.3, -0.25) is 19.8 Å². The van der Waals surface area contributed by atoms with Gasteiger partial charge in [-0.2, -0.15) is 0 Å². The van der Waals surface area contributed by atoms with Crippen molar-refractivity contribution in [1.29, 1.82) is 0 Å². The Morgan fingerprint density at radius 2 is 1.92 bits per heavy atom. The molecule has 0 fully saturated rings. The minimum absolute atomic E-state index is 0.115. The molecule has 2 aromatic carbocycles. The molecule has 0 saturated carbocycles. The van der Waals surface area contributed by atoms with Crippen molar-refractivity contribution in [3.8, 4) is 5.75 Å². The van der Waals surface area contributed by atoms with Crippen LogP contribution in [0.15, 0.2) is 59.6 Å². The van der Waals surface area contributed by atoms with Crippen molar-refractivity contribution >= 4 is 32.3 Å². The molecule has 0 atom stereocenters. The van der Waals surface area contributed by atoms with Gasteiger partial charge in [-0.05, 0) is 18.2 Å². The molecule has 0 saturated heterocycles. The molecule has 8 nitrogen and oxygen atoms in total. The van der Waals surface area contributed by atoms with E-state index >= 15 is 0 Å². The summed E-state index contributed by atoms with van der Waals surface area (Å²) in [6.45, 7) is 0. The molecule has 128 valence electrons. The van der Waals surface area contributed by atoms with Gasteiger partial charge >= 0.3 is 0 Å². The number of nitro benzene ring substituents is 1. The lowest BCUT2D eigenvalue weighted by Crippen LogP contribution is -2.14. The van der Waals surface area contributed by atoms with Crippen molar-refractivity contribution < 1.29 is 18.1 Å². The second kappa shape index (κ2) is 6.36. The number of anilines is 1. The molecule has 0 amide bonds. The first-order valence-corrected chi connectivity index (χ1v) is 8.59. The molecule has 0 aliphatic rings. The average molecular weight is 359 g/mol. The van der Waals surface area contributed by atoms with Crippen LogP contribution in [-0.4, -0.2) is 25.4 Å². The van der Waals surface area contributed by atoms with E-state index in [0.29, 0.717) is 0 Å². The van der Waals surface area contributed by atoms with E-state index in [-0.39, 0.29) is 22.0 Å². The molecule has 3 aromatic rings. The van der Waals surface area contributed by atoms with Crippen molar-refractivity contribution in [3.63, 3.8) is 0 Å². The number of hydrogen-bond donors (Lipinski definition) is 1. The Bertz CT molecular complexity index is 1070. The first-order chi connectivity index (χ1) is 11.9. The van der Waals surface area contributed by atoms with Gasteiger partial charge in [0.15, 0.2) is 0 Å². The summed E-state index contributed by atoms with van der Waals surface area (Å²) in [5.74, 6) is -0.115. The fourth-order valence-electron chi connectivity index (χ4n) is 2.33. The van der Waals surface area contributed by atoms with Gasteiger partial charge in [0.25, 0.3) is 15.7 Å². The van der Waals surface area contributed by atoms with E-state index in [0.717, 1.165) is 29.1 Å². The summed E-state index contributed by atoms with van der Waals surface area (Å²) in [4.78, 5) is 14.2. The third kappa shape index (κ3) is 3.36. The van der Waals surface area contributed by atoms with Crippen LogP contribution in [0.5, 0.6) is 5.75 Å². The topological polar surface area (TPSA) is 111 Å². The fourth-order valence-corrected chi connectivity index (χ4v) is 3.52. The number of nitrogens with zero attached hydrogens (tertiary/aromatic N) is 2. The first-order valence-electron chi connectivity index (χ1n) is 7.11. The van der Waals surface area contributed by atoms with Crippen LogP contribution in [0.4, 0.5) is 11.4 Å². The first kappa shape index (κ1) is 16.7. The van der Waals surface area contributed by atoms with E-state index in [2.05, 4.69) is 9.71 Å². The number of methoxy groups -OCH3 is 1. The quantitative estimate of drug-likeness (QED) is 0.554. The van der Waals surface area contributed by atoms with Crippen LogP contribution in [0.1, 0.15) is 0 Å². The number of sulfonamides is 1. The molecular weight excluding hydrogens is 346 g/mol. The molecule has 0 aliphatic carbocycles. The molecule has 1 heterocycles. The number of pyridine rings is 1. The Morgan fingerprint density at radius 3 is 2.64 bits per heavy atom. The van der Waals surface area contributed by atoms with Gasteiger partial charge in [0.2, 0.25) is 0 Å². The lowest BCUT2D eigenvalue weighted by molar-refractivity contribution is -0.385. The number of aromatic nitrogens is 1. The predicted molar refractivity (Wildman–Crippen MR) is 92.2 cm³/mol. The van der Waals surface area contributed by atoms with E-state index in [9.17, 15) is 18.5 Å². The maximum Gasteiger partial charge on any atom is 0.273 e. The number of ether oxygens (including phenoxy) is 1. The molecule has 1 aromatic heterocycles. The summed E-state index contributed by atoms with van der Waals surface area (Å²) < 4.78 is 32.6. The largest absolute Gasteiger partial charge is 0.495 e. The molecule has 0 radical (unpaired) electrons. The van der Waals surface area contributed by atoms with Crippen LogP contribution in [0.2, 0.25) is 0 Å². The molecular formula is C16H13N3O5S. The van der Waals surface area contributed by atoms with Crippen molar-refractivity contribution in [2.24, 2.45) is 0 Å². The third-order valence-electron chi connectivity index (χ3n) is 3.49. The highest BCUT2D eigenvalue weighted by atomic mass is 32.2. The van der Waals surface area contributed by atoms with Gasteiger partial charge in [0.1, 0.15) is 10.6 Å². The third-order valence-corrected chi connectivity index (χ3v) is 4.91. The van der Waals surface area contributed by atoms with E-state index in [1.807, 2.05) is 24.3 Å². The molecule has 1 N–H and O–H groups in total. The Labute approximate surface area is 143 Å². The Hall–Kier alpha value is -3.20. The zero-order valence-corrected chi connectivity index (χ0v) is 13.9. The van der Waals surface area contributed by atoms with E-state index in [1.54, 1.807) is 6.07 Å². The van der Waals surface area contributed by atoms with Crippen LogP contribution < -0.4 is 9.46 Å².